The van der Waals surface area contributed by atoms with Crippen molar-refractivity contribution in [1.29, 1.82) is 0 Å². The summed E-state index contributed by atoms with van der Waals surface area (Å²) in [6, 6.07) is 3.61. The minimum Gasteiger partial charge on any atom is -0.461 e. The van der Waals surface area contributed by atoms with Crippen molar-refractivity contribution in [2.75, 3.05) is 6.61 Å². The van der Waals surface area contributed by atoms with Gasteiger partial charge in [0.15, 0.2) is 11.5 Å². The molecule has 0 heterocycles. The maximum absolute atomic E-state index is 12.4. The predicted molar refractivity (Wildman–Crippen MR) is 141 cm³/mol. The van der Waals surface area contributed by atoms with E-state index in [1.165, 1.54) is 12.1 Å². The van der Waals surface area contributed by atoms with Gasteiger partial charge in [-0.05, 0) is 56.7 Å². The van der Waals surface area contributed by atoms with E-state index in [0.717, 1.165) is 0 Å². The molecule has 0 radical (unpaired) electrons. The normalized spacial score (nSPS) is 15.0. The summed E-state index contributed by atoms with van der Waals surface area (Å²) >= 11 is 0. The number of esters is 3. The van der Waals surface area contributed by atoms with Crippen LogP contribution in [0.4, 0.5) is 4.79 Å². The quantitative estimate of drug-likeness (QED) is 0.265. The van der Waals surface area contributed by atoms with E-state index in [0.29, 0.717) is 18.4 Å². The smallest absolute Gasteiger partial charge is 0.461 e. The molecular formula is C28H43NO9. The van der Waals surface area contributed by atoms with Gasteiger partial charge in [-0.15, -0.1) is 0 Å². The minimum absolute atomic E-state index is 0.0650. The molecule has 10 heteroatoms. The van der Waals surface area contributed by atoms with Crippen LogP contribution in [0.3, 0.4) is 0 Å². The number of benzene rings is 1. The van der Waals surface area contributed by atoms with Crippen molar-refractivity contribution in [3.63, 3.8) is 0 Å². The van der Waals surface area contributed by atoms with E-state index >= 15 is 0 Å². The zero-order chi connectivity index (χ0) is 29.0. The van der Waals surface area contributed by atoms with Crippen molar-refractivity contribution in [3.8, 4) is 11.5 Å². The van der Waals surface area contributed by atoms with Crippen LogP contribution in [-0.2, 0) is 35.0 Å². The van der Waals surface area contributed by atoms with Gasteiger partial charge in [-0.1, -0.05) is 47.6 Å². The number of hydrogen-bond donors (Lipinski definition) is 1. The Labute approximate surface area is 225 Å². The molecule has 0 aliphatic heterocycles. The fourth-order valence-corrected chi connectivity index (χ4v) is 2.75. The first kappa shape index (κ1) is 32.9. The van der Waals surface area contributed by atoms with Crippen molar-refractivity contribution in [1.82, 2.24) is 0 Å². The summed E-state index contributed by atoms with van der Waals surface area (Å²) in [5.74, 6) is -1.99. The van der Waals surface area contributed by atoms with E-state index < -0.39 is 36.2 Å². The Morgan fingerprint density at radius 3 is 1.87 bits per heavy atom. The van der Waals surface area contributed by atoms with Gasteiger partial charge in [-0.2, -0.15) is 0 Å². The molecule has 2 N–H and O–H groups in total. The van der Waals surface area contributed by atoms with Gasteiger partial charge in [0.25, 0.3) is 0 Å². The second-order valence-electron chi connectivity index (χ2n) is 9.93. The second kappa shape index (κ2) is 16.0. The molecule has 0 spiro atoms. The standard InChI is InChI=1S/C28H43NO9/c1-9-17(5)25(30)37-23-12-11-21(14-24(23)38-26(31)18(6)10-2)13-22(29)27(32)34-15-19(7)35-28(33)36-20(8)16(3)4/h11-12,14,16-20,22H,9-10,13,15,29H2,1-8H3/t17?,18?,19-,20?,22-/m0/s1. The van der Waals surface area contributed by atoms with Crippen LogP contribution < -0.4 is 15.2 Å². The molecule has 1 aromatic rings. The first-order valence-corrected chi connectivity index (χ1v) is 13.1. The highest BCUT2D eigenvalue weighted by Gasteiger charge is 2.23. The molecule has 0 aliphatic carbocycles. The van der Waals surface area contributed by atoms with Crippen LogP contribution in [0.1, 0.15) is 73.8 Å². The lowest BCUT2D eigenvalue weighted by molar-refractivity contribution is -0.148. The van der Waals surface area contributed by atoms with Gasteiger partial charge in [0.2, 0.25) is 0 Å². The Kier molecular flexibility index (Phi) is 13.8. The molecule has 0 saturated heterocycles. The lowest BCUT2D eigenvalue weighted by Crippen LogP contribution is -2.36. The lowest BCUT2D eigenvalue weighted by atomic mass is 10.1. The predicted octanol–water partition coefficient (Wildman–Crippen LogP) is 4.59. The summed E-state index contributed by atoms with van der Waals surface area (Å²) < 4.78 is 26.4. The van der Waals surface area contributed by atoms with Gasteiger partial charge >= 0.3 is 24.1 Å². The van der Waals surface area contributed by atoms with E-state index in [1.54, 1.807) is 33.8 Å². The van der Waals surface area contributed by atoms with Gasteiger partial charge in [0, 0.05) is 0 Å². The average molecular weight is 538 g/mol. The molecule has 0 bridgehead atoms. The van der Waals surface area contributed by atoms with Crippen molar-refractivity contribution >= 4 is 24.1 Å². The Bertz CT molecular complexity index is 946. The largest absolute Gasteiger partial charge is 0.508 e. The van der Waals surface area contributed by atoms with E-state index in [-0.39, 0.29) is 48.4 Å². The molecule has 1 aromatic carbocycles. The molecular weight excluding hydrogens is 494 g/mol. The maximum Gasteiger partial charge on any atom is 0.508 e. The zero-order valence-corrected chi connectivity index (χ0v) is 23.8. The Morgan fingerprint density at radius 2 is 1.34 bits per heavy atom. The van der Waals surface area contributed by atoms with Crippen molar-refractivity contribution < 1.29 is 42.9 Å². The molecule has 0 amide bonds. The van der Waals surface area contributed by atoms with E-state index in [2.05, 4.69) is 0 Å². The van der Waals surface area contributed by atoms with Gasteiger partial charge in [-0.25, -0.2) is 4.79 Å². The van der Waals surface area contributed by atoms with Crippen molar-refractivity contribution in [2.24, 2.45) is 23.5 Å². The highest BCUT2D eigenvalue weighted by molar-refractivity contribution is 5.79. The summed E-state index contributed by atoms with van der Waals surface area (Å²) in [5, 5.41) is 0. The molecule has 0 aromatic heterocycles. The average Bonchev–Trinajstić information content (AvgIpc) is 2.87. The molecule has 0 aliphatic rings. The number of carbonyl (C=O) groups excluding carboxylic acids is 4. The van der Waals surface area contributed by atoms with Gasteiger partial charge in [0.1, 0.15) is 24.9 Å². The zero-order valence-electron chi connectivity index (χ0n) is 23.8. The van der Waals surface area contributed by atoms with Gasteiger partial charge in [-0.3, -0.25) is 14.4 Å². The lowest BCUT2D eigenvalue weighted by Gasteiger charge is -2.19. The number of carbonyl (C=O) groups is 4. The fourth-order valence-electron chi connectivity index (χ4n) is 2.75. The van der Waals surface area contributed by atoms with Crippen molar-refractivity contribution in [3.05, 3.63) is 23.8 Å². The van der Waals surface area contributed by atoms with E-state index in [9.17, 15) is 19.2 Å². The van der Waals surface area contributed by atoms with Crippen molar-refractivity contribution in [2.45, 2.75) is 92.9 Å². The topological polar surface area (TPSA) is 140 Å². The summed E-state index contributed by atoms with van der Waals surface area (Å²) in [5.41, 5.74) is 6.60. The van der Waals surface area contributed by atoms with Crippen LogP contribution in [0.5, 0.6) is 11.5 Å². The fraction of sp³-hybridized carbons (Fsp3) is 0.643. The van der Waals surface area contributed by atoms with Gasteiger partial charge < -0.3 is 29.4 Å². The number of ether oxygens (including phenoxy) is 5. The van der Waals surface area contributed by atoms with Crippen LogP contribution in [0.25, 0.3) is 0 Å². The number of rotatable bonds is 14. The summed E-state index contributed by atoms with van der Waals surface area (Å²) in [7, 11) is 0. The molecule has 10 nitrogen and oxygen atoms in total. The Balaban J connectivity index is 2.84. The third kappa shape index (κ3) is 11.1. The number of hydrogen-bond acceptors (Lipinski definition) is 10. The van der Waals surface area contributed by atoms with Gasteiger partial charge in [0.05, 0.1) is 11.8 Å². The number of nitrogens with two attached hydrogens (primary N) is 1. The molecule has 214 valence electrons. The van der Waals surface area contributed by atoms with Crippen LogP contribution in [0, 0.1) is 17.8 Å². The minimum atomic E-state index is -1.04. The van der Waals surface area contributed by atoms with Crippen LogP contribution in [-0.4, -0.2) is 48.9 Å². The highest BCUT2D eigenvalue weighted by Crippen LogP contribution is 2.31. The first-order valence-electron chi connectivity index (χ1n) is 13.1. The molecule has 5 atom stereocenters. The summed E-state index contributed by atoms with van der Waals surface area (Å²) in [4.78, 5) is 49.0. The molecule has 0 fully saturated rings. The highest BCUT2D eigenvalue weighted by atomic mass is 16.7. The monoisotopic (exact) mass is 537 g/mol. The molecule has 0 saturated carbocycles. The summed E-state index contributed by atoms with van der Waals surface area (Å²) in [6.45, 7) is 14.2. The Hall–Kier alpha value is -3.14. The summed E-state index contributed by atoms with van der Waals surface area (Å²) in [6.07, 6.45) is -0.650. The second-order valence-corrected chi connectivity index (χ2v) is 9.93. The molecule has 3 unspecified atom stereocenters. The first-order chi connectivity index (χ1) is 17.8. The third-order valence-electron chi connectivity index (χ3n) is 6.20. The Morgan fingerprint density at radius 1 is 0.789 bits per heavy atom. The third-order valence-corrected chi connectivity index (χ3v) is 6.20. The van der Waals surface area contributed by atoms with E-state index in [1.807, 2.05) is 27.7 Å². The van der Waals surface area contributed by atoms with Crippen LogP contribution >= 0.6 is 0 Å². The van der Waals surface area contributed by atoms with Crippen LogP contribution in [0.2, 0.25) is 0 Å². The van der Waals surface area contributed by atoms with E-state index in [4.69, 9.17) is 29.4 Å². The van der Waals surface area contributed by atoms with Crippen LogP contribution in [0.15, 0.2) is 18.2 Å². The maximum atomic E-state index is 12.4. The molecule has 1 rings (SSSR count). The SMILES string of the molecule is CCC(C)C(=O)Oc1ccc(C[C@H](N)C(=O)OC[C@H](C)OC(=O)OC(C)C(C)C)cc1OC(=O)C(C)CC. The molecule has 38 heavy (non-hydrogen) atoms.